The fraction of sp³-hybridized carbons (Fsp3) is 0.0577. The smallest absolute Gasteiger partial charge is 0.238 e. The molecular formula is C52H34N4O. The van der Waals surface area contributed by atoms with Crippen LogP contribution in [0.2, 0.25) is 0 Å². The summed E-state index contributed by atoms with van der Waals surface area (Å²) in [6.45, 7) is 4.68. The predicted octanol–water partition coefficient (Wildman–Crippen LogP) is 13.3. The van der Waals surface area contributed by atoms with Crippen LogP contribution in [0.1, 0.15) is 25.0 Å². The maximum Gasteiger partial charge on any atom is 0.238 e. The van der Waals surface area contributed by atoms with Gasteiger partial charge in [-0.15, -0.1) is 0 Å². The zero-order valence-corrected chi connectivity index (χ0v) is 31.4. The molecule has 268 valence electrons. The highest BCUT2D eigenvalue weighted by atomic mass is 16.3. The molecule has 5 nitrogen and oxygen atoms in total. The van der Waals surface area contributed by atoms with Gasteiger partial charge in [0, 0.05) is 43.7 Å². The highest BCUT2D eigenvalue weighted by Gasteiger charge is 2.37. The van der Waals surface area contributed by atoms with Gasteiger partial charge in [-0.1, -0.05) is 159 Å². The van der Waals surface area contributed by atoms with Crippen LogP contribution in [0.5, 0.6) is 0 Å². The van der Waals surface area contributed by atoms with Crippen molar-refractivity contribution in [2.45, 2.75) is 19.3 Å². The molecule has 8 aromatic carbocycles. The maximum absolute atomic E-state index is 6.35. The highest BCUT2D eigenvalue weighted by molar-refractivity contribution is 6.23. The first kappa shape index (κ1) is 31.9. The Labute approximate surface area is 328 Å². The van der Waals surface area contributed by atoms with Gasteiger partial charge in [0.1, 0.15) is 11.2 Å². The molecule has 1 aliphatic rings. The number of para-hydroxylation sites is 2. The van der Waals surface area contributed by atoms with Crippen LogP contribution in [-0.2, 0) is 5.41 Å². The average molecular weight is 731 g/mol. The number of hydrogen-bond acceptors (Lipinski definition) is 4. The highest BCUT2D eigenvalue weighted by Crippen LogP contribution is 2.53. The molecule has 57 heavy (non-hydrogen) atoms. The minimum Gasteiger partial charge on any atom is -0.456 e. The van der Waals surface area contributed by atoms with Gasteiger partial charge in [-0.05, 0) is 62.9 Å². The van der Waals surface area contributed by atoms with E-state index in [1.165, 1.54) is 44.0 Å². The van der Waals surface area contributed by atoms with Gasteiger partial charge in [0.05, 0.1) is 11.0 Å². The second-order valence-corrected chi connectivity index (χ2v) is 15.6. The summed E-state index contributed by atoms with van der Waals surface area (Å²) in [5.41, 5.74) is 13.0. The van der Waals surface area contributed by atoms with Crippen molar-refractivity contribution in [1.82, 2.24) is 19.5 Å². The Kier molecular flexibility index (Phi) is 6.62. The van der Waals surface area contributed by atoms with Gasteiger partial charge in [-0.25, -0.2) is 4.98 Å². The first-order valence-electron chi connectivity index (χ1n) is 19.5. The second kappa shape index (κ2) is 11.8. The molecule has 12 rings (SSSR count). The topological polar surface area (TPSA) is 56.7 Å². The van der Waals surface area contributed by atoms with E-state index in [9.17, 15) is 0 Å². The third kappa shape index (κ3) is 4.60. The zero-order chi connectivity index (χ0) is 37.8. The molecule has 0 amide bonds. The molecule has 5 heteroatoms. The van der Waals surface area contributed by atoms with Crippen LogP contribution in [-0.4, -0.2) is 19.5 Å². The Bertz CT molecular complexity index is 3450. The van der Waals surface area contributed by atoms with Crippen molar-refractivity contribution < 1.29 is 4.42 Å². The summed E-state index contributed by atoms with van der Waals surface area (Å²) in [4.78, 5) is 15.9. The van der Waals surface area contributed by atoms with E-state index in [0.29, 0.717) is 17.6 Å². The van der Waals surface area contributed by atoms with Crippen LogP contribution < -0.4 is 0 Å². The zero-order valence-electron chi connectivity index (χ0n) is 31.4. The van der Waals surface area contributed by atoms with Gasteiger partial charge in [0.2, 0.25) is 5.95 Å². The molecule has 0 radical (unpaired) electrons. The van der Waals surface area contributed by atoms with Crippen LogP contribution in [0.3, 0.4) is 0 Å². The molecule has 0 aliphatic heterocycles. The molecule has 11 aromatic rings. The Morgan fingerprint density at radius 3 is 2.04 bits per heavy atom. The summed E-state index contributed by atoms with van der Waals surface area (Å²) >= 11 is 0. The quantitative estimate of drug-likeness (QED) is 0.181. The minimum absolute atomic E-state index is 0.132. The SMILES string of the molecule is CC1(C)c2ccccc2-c2c(-c3cccc4c5c6ccccc6ccc5n(-c5nc(-c6ccccc6)nc(-c6ccc7c(c6)oc6ccccc67)n5)c34)cccc21. The normalized spacial score (nSPS) is 13.2. The summed E-state index contributed by atoms with van der Waals surface area (Å²) < 4.78 is 8.63. The summed E-state index contributed by atoms with van der Waals surface area (Å²) in [5, 5.41) is 6.84. The van der Waals surface area contributed by atoms with E-state index >= 15 is 0 Å². The van der Waals surface area contributed by atoms with E-state index in [1.54, 1.807) is 0 Å². The number of furan rings is 1. The molecule has 0 atom stereocenters. The number of nitrogens with zero attached hydrogens (tertiary/aromatic N) is 4. The van der Waals surface area contributed by atoms with Crippen LogP contribution >= 0.6 is 0 Å². The molecule has 0 bridgehead atoms. The summed E-state index contributed by atoms with van der Waals surface area (Å²) in [6.07, 6.45) is 0. The van der Waals surface area contributed by atoms with Crippen molar-refractivity contribution in [2.75, 3.05) is 0 Å². The van der Waals surface area contributed by atoms with Crippen molar-refractivity contribution in [3.8, 4) is 51.0 Å². The van der Waals surface area contributed by atoms with E-state index in [0.717, 1.165) is 55.0 Å². The van der Waals surface area contributed by atoms with Crippen molar-refractivity contribution in [3.63, 3.8) is 0 Å². The van der Waals surface area contributed by atoms with Crippen LogP contribution in [0.4, 0.5) is 0 Å². The van der Waals surface area contributed by atoms with Crippen molar-refractivity contribution >= 4 is 54.5 Å². The molecule has 0 spiro atoms. The minimum atomic E-state index is -0.132. The monoisotopic (exact) mass is 730 g/mol. The van der Waals surface area contributed by atoms with Crippen LogP contribution in [0.15, 0.2) is 174 Å². The molecule has 1 aliphatic carbocycles. The third-order valence-corrected chi connectivity index (χ3v) is 12.1. The molecule has 3 heterocycles. The lowest BCUT2D eigenvalue weighted by Gasteiger charge is -2.21. The Hall–Kier alpha value is -7.37. The Morgan fingerprint density at radius 1 is 0.474 bits per heavy atom. The molecule has 3 aromatic heterocycles. The number of benzene rings is 8. The molecule has 0 saturated heterocycles. The van der Waals surface area contributed by atoms with Gasteiger partial charge in [-0.2, -0.15) is 9.97 Å². The van der Waals surface area contributed by atoms with E-state index in [4.69, 9.17) is 19.4 Å². The Balaban J connectivity index is 1.19. The van der Waals surface area contributed by atoms with Crippen LogP contribution in [0.25, 0.3) is 105 Å². The number of rotatable bonds is 4. The maximum atomic E-state index is 6.35. The number of hydrogen-bond donors (Lipinski definition) is 0. The molecule has 0 N–H and O–H groups in total. The fourth-order valence-corrected chi connectivity index (χ4v) is 9.42. The van der Waals surface area contributed by atoms with Crippen molar-refractivity contribution in [1.29, 1.82) is 0 Å². The lowest BCUT2D eigenvalue weighted by atomic mass is 9.82. The molecule has 0 unspecified atom stereocenters. The summed E-state index contributed by atoms with van der Waals surface area (Å²) in [5.74, 6) is 1.73. The average Bonchev–Trinajstić information content (AvgIpc) is 3.89. The molecule has 0 saturated carbocycles. The van der Waals surface area contributed by atoms with E-state index in [1.807, 2.05) is 36.4 Å². The fourth-order valence-electron chi connectivity index (χ4n) is 9.42. The number of aromatic nitrogens is 4. The summed E-state index contributed by atoms with van der Waals surface area (Å²) in [7, 11) is 0. The van der Waals surface area contributed by atoms with E-state index < -0.39 is 0 Å². The number of fused-ring (bicyclic) bond motifs is 11. The molecule has 0 fully saturated rings. The molecular weight excluding hydrogens is 697 g/mol. The van der Waals surface area contributed by atoms with E-state index in [-0.39, 0.29) is 5.41 Å². The van der Waals surface area contributed by atoms with Gasteiger partial charge in [-0.3, -0.25) is 4.57 Å². The lowest BCUT2D eigenvalue weighted by Crippen LogP contribution is -2.14. The predicted molar refractivity (Wildman–Crippen MR) is 233 cm³/mol. The van der Waals surface area contributed by atoms with Crippen molar-refractivity contribution in [3.05, 3.63) is 181 Å². The lowest BCUT2D eigenvalue weighted by molar-refractivity contribution is 0.660. The van der Waals surface area contributed by atoms with E-state index in [2.05, 4.69) is 152 Å². The Morgan fingerprint density at radius 2 is 1.14 bits per heavy atom. The van der Waals surface area contributed by atoms with Crippen LogP contribution in [0, 0.1) is 0 Å². The third-order valence-electron chi connectivity index (χ3n) is 12.1. The van der Waals surface area contributed by atoms with Gasteiger partial charge >= 0.3 is 0 Å². The first-order chi connectivity index (χ1) is 28.0. The summed E-state index contributed by atoms with van der Waals surface area (Å²) in [6, 6.07) is 60.1. The van der Waals surface area contributed by atoms with Crippen molar-refractivity contribution in [2.24, 2.45) is 0 Å². The largest absolute Gasteiger partial charge is 0.456 e. The first-order valence-corrected chi connectivity index (χ1v) is 19.5. The van der Waals surface area contributed by atoms with Gasteiger partial charge in [0.25, 0.3) is 0 Å². The van der Waals surface area contributed by atoms with Gasteiger partial charge in [0.15, 0.2) is 11.6 Å². The standard InChI is InChI=1S/C52H34N4O/c1-52(2)41-23-10-8-19-39(41)46-37(20-13-24-42(46)52)38-21-12-22-40-47-34-17-7-6-14-31(34)27-29-43(47)56(48(38)40)51-54-49(32-15-4-3-5-16-32)53-50(55-51)33-26-28-36-35-18-9-11-25-44(35)57-45(36)30-33/h3-30H,1-2H3. The van der Waals surface area contributed by atoms with Gasteiger partial charge < -0.3 is 4.42 Å². The second-order valence-electron chi connectivity index (χ2n) is 15.6.